The second kappa shape index (κ2) is 4.39. The summed E-state index contributed by atoms with van der Waals surface area (Å²) < 4.78 is 24.4. The first-order valence-electron chi connectivity index (χ1n) is 5.92. The minimum absolute atomic E-state index is 0.262. The fraction of sp³-hybridized carbons (Fsp3) is 0.182. The molecule has 20 heavy (non-hydrogen) atoms. The average Bonchev–Trinajstić information content (AvgIpc) is 3.00. The van der Waals surface area contributed by atoms with E-state index in [9.17, 15) is 8.42 Å². The number of aromatic amines is 1. The van der Waals surface area contributed by atoms with E-state index < -0.39 is 10.0 Å². The Hall–Kier alpha value is -2.26. The van der Waals surface area contributed by atoms with Crippen LogP contribution < -0.4 is 5.14 Å². The third kappa shape index (κ3) is 1.87. The van der Waals surface area contributed by atoms with Crippen molar-refractivity contribution in [2.24, 2.45) is 5.14 Å². The van der Waals surface area contributed by atoms with Gasteiger partial charge in [0.25, 0.3) is 15.2 Å². The molecule has 2 aromatic heterocycles. The molecule has 0 aliphatic heterocycles. The van der Waals surface area contributed by atoms with Crippen molar-refractivity contribution < 1.29 is 8.42 Å². The first-order chi connectivity index (χ1) is 9.52. The van der Waals surface area contributed by atoms with Crippen LogP contribution in [-0.2, 0) is 16.6 Å². The third-order valence-electron chi connectivity index (χ3n) is 2.97. The van der Waals surface area contributed by atoms with Crippen LogP contribution in [0.1, 0.15) is 6.92 Å². The number of nitrogens with two attached hydrogens (primary N) is 1. The van der Waals surface area contributed by atoms with Gasteiger partial charge < -0.3 is 0 Å². The zero-order valence-electron chi connectivity index (χ0n) is 10.6. The Kier molecular flexibility index (Phi) is 2.80. The van der Waals surface area contributed by atoms with Gasteiger partial charge in [0.1, 0.15) is 5.69 Å². The Morgan fingerprint density at radius 3 is 2.75 bits per heavy atom. The van der Waals surface area contributed by atoms with Crippen LogP contribution in [0, 0.1) is 0 Å². The molecule has 3 aromatic rings. The lowest BCUT2D eigenvalue weighted by molar-refractivity contribution is 0.570. The van der Waals surface area contributed by atoms with Gasteiger partial charge in [-0.15, -0.1) is 10.2 Å². The summed E-state index contributed by atoms with van der Waals surface area (Å²) in [5.41, 5.74) is 1.38. The minimum atomic E-state index is -3.92. The van der Waals surface area contributed by atoms with Crippen LogP contribution in [0.2, 0.25) is 0 Å². The van der Waals surface area contributed by atoms with Gasteiger partial charge in [0.2, 0.25) is 0 Å². The van der Waals surface area contributed by atoms with E-state index in [4.69, 9.17) is 5.14 Å². The van der Waals surface area contributed by atoms with Crippen LogP contribution >= 0.6 is 0 Å². The van der Waals surface area contributed by atoms with Crippen molar-refractivity contribution >= 4 is 20.9 Å². The first kappa shape index (κ1) is 12.8. The molecule has 0 fully saturated rings. The number of nitrogens with zero attached hydrogens (tertiary/aromatic N) is 4. The van der Waals surface area contributed by atoms with E-state index in [1.54, 1.807) is 6.92 Å². The maximum atomic E-state index is 11.5. The number of nitrogens with one attached hydrogen (secondary N) is 1. The van der Waals surface area contributed by atoms with Gasteiger partial charge in [-0.1, -0.05) is 18.2 Å². The third-order valence-corrected chi connectivity index (χ3v) is 3.78. The number of primary sulfonamides is 1. The molecule has 0 unspecified atom stereocenters. The Bertz CT molecular complexity index is 879. The molecule has 0 aliphatic rings. The van der Waals surface area contributed by atoms with Crippen molar-refractivity contribution in [3.8, 4) is 11.5 Å². The predicted molar refractivity (Wildman–Crippen MR) is 72.2 cm³/mol. The van der Waals surface area contributed by atoms with E-state index in [0.29, 0.717) is 18.1 Å². The number of para-hydroxylation sites is 1. The lowest BCUT2D eigenvalue weighted by Gasteiger charge is -2.04. The highest BCUT2D eigenvalue weighted by molar-refractivity contribution is 7.89. The van der Waals surface area contributed by atoms with Crippen LogP contribution in [0.25, 0.3) is 22.4 Å². The molecule has 3 rings (SSSR count). The second-order valence-electron chi connectivity index (χ2n) is 4.21. The van der Waals surface area contributed by atoms with Crippen LogP contribution in [0.5, 0.6) is 0 Å². The number of H-pyrrole nitrogens is 1. The molecular weight excluding hydrogens is 280 g/mol. The monoisotopic (exact) mass is 292 g/mol. The van der Waals surface area contributed by atoms with E-state index in [1.165, 1.54) is 4.57 Å². The molecule has 2 heterocycles. The molecular formula is C11H12N6O2S. The maximum Gasteiger partial charge on any atom is 0.273 e. The fourth-order valence-electron chi connectivity index (χ4n) is 2.09. The van der Waals surface area contributed by atoms with Crippen molar-refractivity contribution in [1.29, 1.82) is 0 Å². The molecule has 3 N–H and O–H groups in total. The smallest absolute Gasteiger partial charge is 0.273 e. The van der Waals surface area contributed by atoms with Gasteiger partial charge >= 0.3 is 0 Å². The normalized spacial score (nSPS) is 12.1. The number of benzene rings is 1. The van der Waals surface area contributed by atoms with Gasteiger partial charge in [0.05, 0.1) is 5.52 Å². The number of sulfonamides is 1. The van der Waals surface area contributed by atoms with E-state index in [-0.39, 0.29) is 5.16 Å². The van der Waals surface area contributed by atoms with Gasteiger partial charge in [-0.05, 0) is 13.0 Å². The molecule has 0 aliphatic carbocycles. The van der Waals surface area contributed by atoms with E-state index in [1.807, 2.05) is 24.3 Å². The average molecular weight is 292 g/mol. The molecule has 1 aromatic carbocycles. The standard InChI is InChI=1S/C11H12N6O2S/c1-2-17-10(15-16-11(17)20(12,18)19)9-7-5-3-4-6-8(7)13-14-9/h3-6H,2H2,1H3,(H,13,14)(H2,12,18,19). The van der Waals surface area contributed by atoms with Gasteiger partial charge in [-0.2, -0.15) is 5.10 Å². The Morgan fingerprint density at radius 1 is 1.30 bits per heavy atom. The number of hydrogen-bond acceptors (Lipinski definition) is 5. The molecule has 0 atom stereocenters. The summed E-state index contributed by atoms with van der Waals surface area (Å²) in [6.45, 7) is 2.16. The summed E-state index contributed by atoms with van der Waals surface area (Å²) in [7, 11) is -3.92. The second-order valence-corrected chi connectivity index (χ2v) is 5.67. The summed E-state index contributed by atoms with van der Waals surface area (Å²) in [6, 6.07) is 7.50. The lowest BCUT2D eigenvalue weighted by Crippen LogP contribution is -2.18. The molecule has 0 radical (unpaired) electrons. The zero-order chi connectivity index (χ0) is 14.3. The highest BCUT2D eigenvalue weighted by Crippen LogP contribution is 2.25. The fourth-order valence-corrected chi connectivity index (χ4v) is 2.77. The summed E-state index contributed by atoms with van der Waals surface area (Å²) >= 11 is 0. The quantitative estimate of drug-likeness (QED) is 0.728. The van der Waals surface area contributed by atoms with Crippen LogP contribution in [0.15, 0.2) is 29.4 Å². The number of rotatable bonds is 3. The maximum absolute atomic E-state index is 11.5. The van der Waals surface area contributed by atoms with Crippen molar-refractivity contribution in [1.82, 2.24) is 25.0 Å². The minimum Gasteiger partial charge on any atom is -0.296 e. The molecule has 0 saturated carbocycles. The zero-order valence-corrected chi connectivity index (χ0v) is 11.4. The molecule has 0 spiro atoms. The van der Waals surface area contributed by atoms with E-state index in [2.05, 4.69) is 20.4 Å². The van der Waals surface area contributed by atoms with Crippen LogP contribution in [0.3, 0.4) is 0 Å². The predicted octanol–water partition coefficient (Wildman–Crippen LogP) is 0.489. The highest BCUT2D eigenvalue weighted by Gasteiger charge is 2.23. The SMILES string of the molecule is CCn1c(-c2n[nH]c3ccccc23)nnc1S(N)(=O)=O. The first-order valence-corrected chi connectivity index (χ1v) is 7.46. The number of fused-ring (bicyclic) bond motifs is 1. The lowest BCUT2D eigenvalue weighted by atomic mass is 10.2. The molecule has 0 bridgehead atoms. The summed E-state index contributed by atoms with van der Waals surface area (Å²) in [6.07, 6.45) is 0. The summed E-state index contributed by atoms with van der Waals surface area (Å²) in [4.78, 5) is 0. The van der Waals surface area contributed by atoms with Gasteiger partial charge in [-0.25, -0.2) is 13.6 Å². The van der Waals surface area contributed by atoms with Gasteiger partial charge in [0, 0.05) is 11.9 Å². The molecule has 8 nitrogen and oxygen atoms in total. The number of aromatic nitrogens is 5. The summed E-state index contributed by atoms with van der Waals surface area (Å²) in [5.74, 6) is 0.369. The van der Waals surface area contributed by atoms with Gasteiger partial charge in [0.15, 0.2) is 5.82 Å². The topological polar surface area (TPSA) is 120 Å². The highest BCUT2D eigenvalue weighted by atomic mass is 32.2. The van der Waals surface area contributed by atoms with Crippen molar-refractivity contribution in [2.45, 2.75) is 18.6 Å². The van der Waals surface area contributed by atoms with Crippen molar-refractivity contribution in [3.05, 3.63) is 24.3 Å². The number of hydrogen-bond donors (Lipinski definition) is 2. The Morgan fingerprint density at radius 2 is 2.05 bits per heavy atom. The Labute approximate surface area is 114 Å². The molecule has 0 amide bonds. The van der Waals surface area contributed by atoms with E-state index >= 15 is 0 Å². The molecule has 0 saturated heterocycles. The Balaban J connectivity index is 2.28. The molecule has 9 heteroatoms. The van der Waals surface area contributed by atoms with Crippen molar-refractivity contribution in [3.63, 3.8) is 0 Å². The summed E-state index contributed by atoms with van der Waals surface area (Å²) in [5, 5.41) is 20.4. The van der Waals surface area contributed by atoms with Crippen LogP contribution in [-0.4, -0.2) is 33.4 Å². The molecule has 104 valence electrons. The van der Waals surface area contributed by atoms with Gasteiger partial charge in [-0.3, -0.25) is 9.67 Å². The largest absolute Gasteiger partial charge is 0.296 e. The van der Waals surface area contributed by atoms with E-state index in [0.717, 1.165) is 10.9 Å². The van der Waals surface area contributed by atoms with Crippen molar-refractivity contribution in [2.75, 3.05) is 0 Å². The van der Waals surface area contributed by atoms with Crippen LogP contribution in [0.4, 0.5) is 0 Å².